The number of piperidine rings is 1. The third-order valence-corrected chi connectivity index (χ3v) is 3.78. The van der Waals surface area contributed by atoms with E-state index in [9.17, 15) is 4.79 Å². The quantitative estimate of drug-likeness (QED) is 0.844. The number of rotatable bonds is 1. The summed E-state index contributed by atoms with van der Waals surface area (Å²) < 4.78 is 3.01. The summed E-state index contributed by atoms with van der Waals surface area (Å²) in [4.78, 5) is 15.6. The van der Waals surface area contributed by atoms with Crippen molar-refractivity contribution < 1.29 is 4.79 Å². The van der Waals surface area contributed by atoms with Crippen LogP contribution < -0.4 is 11.1 Å². The Hall–Kier alpha value is -1.56. The molecule has 0 saturated carbocycles. The van der Waals surface area contributed by atoms with Crippen LogP contribution >= 0.6 is 15.9 Å². The monoisotopic (exact) mass is 308 g/mol. The van der Waals surface area contributed by atoms with E-state index >= 15 is 0 Å². The summed E-state index contributed by atoms with van der Waals surface area (Å²) in [5, 5.41) is 2.87. The van der Waals surface area contributed by atoms with Crippen molar-refractivity contribution in [2.24, 2.45) is 0 Å². The van der Waals surface area contributed by atoms with Gasteiger partial charge in [0.25, 0.3) is 0 Å². The van der Waals surface area contributed by atoms with Gasteiger partial charge in [0.15, 0.2) is 0 Å². The third kappa shape index (κ3) is 1.86. The molecule has 0 aliphatic carbocycles. The van der Waals surface area contributed by atoms with E-state index < -0.39 is 0 Å². The van der Waals surface area contributed by atoms with Crippen molar-refractivity contribution in [1.29, 1.82) is 0 Å². The van der Waals surface area contributed by atoms with Gasteiger partial charge in [0.05, 0.1) is 17.1 Å². The minimum Gasteiger partial charge on any atom is -0.369 e. The van der Waals surface area contributed by atoms with Gasteiger partial charge < -0.3 is 15.6 Å². The van der Waals surface area contributed by atoms with Gasteiger partial charge in [-0.05, 0) is 24.6 Å². The summed E-state index contributed by atoms with van der Waals surface area (Å²) in [6.07, 6.45) is 1.34. The third-order valence-electron chi connectivity index (χ3n) is 3.28. The van der Waals surface area contributed by atoms with Gasteiger partial charge in [0.1, 0.15) is 0 Å². The van der Waals surface area contributed by atoms with E-state index in [2.05, 4.69) is 26.2 Å². The molecule has 5 nitrogen and oxygen atoms in total. The Morgan fingerprint density at radius 2 is 2.33 bits per heavy atom. The van der Waals surface area contributed by atoms with Gasteiger partial charge in [-0.15, -0.1) is 0 Å². The highest BCUT2D eigenvalue weighted by Crippen LogP contribution is 2.28. The van der Waals surface area contributed by atoms with Crippen LogP contribution in [0.4, 0.5) is 5.95 Å². The molecule has 1 aromatic heterocycles. The molecule has 1 aliphatic rings. The van der Waals surface area contributed by atoms with Crippen LogP contribution in [0.3, 0.4) is 0 Å². The van der Waals surface area contributed by atoms with Crippen LogP contribution in [0.2, 0.25) is 0 Å². The van der Waals surface area contributed by atoms with Crippen molar-refractivity contribution in [1.82, 2.24) is 14.9 Å². The molecule has 1 fully saturated rings. The van der Waals surface area contributed by atoms with Crippen LogP contribution in [0.1, 0.15) is 18.9 Å². The molecule has 94 valence electrons. The second-order valence-electron chi connectivity index (χ2n) is 4.47. The largest absolute Gasteiger partial charge is 0.369 e. The summed E-state index contributed by atoms with van der Waals surface area (Å²) in [6, 6.07) is 6.08. The SMILES string of the molecule is Nc1nc2ccc(Br)cc2n1C1CCC(=O)NC1. The van der Waals surface area contributed by atoms with E-state index in [0.29, 0.717) is 18.9 Å². The number of carbonyl (C=O) groups excluding carboxylic acids is 1. The summed E-state index contributed by atoms with van der Waals surface area (Å²) >= 11 is 3.46. The Balaban J connectivity index is 2.07. The van der Waals surface area contributed by atoms with E-state index in [1.807, 2.05) is 22.8 Å². The molecule has 1 aromatic carbocycles. The molecule has 2 aromatic rings. The van der Waals surface area contributed by atoms with E-state index in [0.717, 1.165) is 21.9 Å². The van der Waals surface area contributed by atoms with Crippen LogP contribution in [0.15, 0.2) is 22.7 Å². The van der Waals surface area contributed by atoms with E-state index in [1.54, 1.807) is 0 Å². The van der Waals surface area contributed by atoms with Crippen LogP contribution in [-0.2, 0) is 4.79 Å². The Labute approximate surface area is 112 Å². The second kappa shape index (κ2) is 4.28. The molecule has 0 radical (unpaired) electrons. The number of aromatic nitrogens is 2. The van der Waals surface area contributed by atoms with Crippen LogP contribution in [0.25, 0.3) is 11.0 Å². The Morgan fingerprint density at radius 3 is 3.06 bits per heavy atom. The highest BCUT2D eigenvalue weighted by Gasteiger charge is 2.23. The minimum absolute atomic E-state index is 0.107. The van der Waals surface area contributed by atoms with E-state index in [-0.39, 0.29) is 11.9 Å². The second-order valence-corrected chi connectivity index (χ2v) is 5.39. The van der Waals surface area contributed by atoms with Gasteiger partial charge in [-0.3, -0.25) is 4.79 Å². The number of anilines is 1. The highest BCUT2D eigenvalue weighted by molar-refractivity contribution is 9.10. The number of hydrogen-bond acceptors (Lipinski definition) is 3. The zero-order valence-electron chi connectivity index (χ0n) is 9.69. The fourth-order valence-electron chi connectivity index (χ4n) is 2.41. The average Bonchev–Trinajstić information content (AvgIpc) is 2.66. The number of hydrogen-bond donors (Lipinski definition) is 2. The molecule has 2 heterocycles. The van der Waals surface area contributed by atoms with Crippen molar-refractivity contribution in [2.75, 3.05) is 12.3 Å². The first kappa shape index (κ1) is 11.5. The predicted octanol–water partition coefficient (Wildman–Crippen LogP) is 1.83. The standard InChI is InChI=1S/C12H13BrN4O/c13-7-1-3-9-10(5-7)17(12(14)16-9)8-2-4-11(18)15-6-8/h1,3,5,8H,2,4,6H2,(H2,14,16)(H,15,18). The highest BCUT2D eigenvalue weighted by atomic mass is 79.9. The maximum Gasteiger partial charge on any atom is 0.220 e. The summed E-state index contributed by atoms with van der Waals surface area (Å²) in [5.74, 6) is 0.611. The summed E-state index contributed by atoms with van der Waals surface area (Å²) in [6.45, 7) is 0.612. The number of halogens is 1. The molecule has 1 amide bonds. The molecule has 1 saturated heterocycles. The zero-order valence-corrected chi connectivity index (χ0v) is 11.3. The molecule has 1 unspecified atom stereocenters. The average molecular weight is 309 g/mol. The fourth-order valence-corrected chi connectivity index (χ4v) is 2.76. The first-order valence-electron chi connectivity index (χ1n) is 5.85. The van der Waals surface area contributed by atoms with Crippen molar-refractivity contribution >= 4 is 38.8 Å². The number of nitrogens with zero attached hydrogens (tertiary/aromatic N) is 2. The molecule has 3 rings (SSSR count). The number of nitrogens with two attached hydrogens (primary N) is 1. The Morgan fingerprint density at radius 1 is 1.50 bits per heavy atom. The number of imidazole rings is 1. The predicted molar refractivity (Wildman–Crippen MR) is 73.1 cm³/mol. The van der Waals surface area contributed by atoms with Gasteiger partial charge in [0, 0.05) is 17.4 Å². The lowest BCUT2D eigenvalue weighted by atomic mass is 10.1. The fraction of sp³-hybridized carbons (Fsp3) is 0.333. The van der Waals surface area contributed by atoms with Gasteiger partial charge in [0.2, 0.25) is 11.9 Å². The van der Waals surface area contributed by atoms with E-state index in [4.69, 9.17) is 5.73 Å². The van der Waals surface area contributed by atoms with Crippen molar-refractivity contribution in [3.05, 3.63) is 22.7 Å². The smallest absolute Gasteiger partial charge is 0.220 e. The summed E-state index contributed by atoms with van der Waals surface area (Å²) in [5.41, 5.74) is 7.88. The molecule has 1 atom stereocenters. The molecule has 0 spiro atoms. The maximum atomic E-state index is 11.2. The lowest BCUT2D eigenvalue weighted by Crippen LogP contribution is -2.36. The van der Waals surface area contributed by atoms with Crippen LogP contribution in [0, 0.1) is 0 Å². The number of amides is 1. The van der Waals surface area contributed by atoms with E-state index in [1.165, 1.54) is 0 Å². The Kier molecular flexibility index (Phi) is 2.74. The van der Waals surface area contributed by atoms with Gasteiger partial charge in [-0.1, -0.05) is 15.9 Å². The molecule has 18 heavy (non-hydrogen) atoms. The number of benzene rings is 1. The van der Waals surface area contributed by atoms with Crippen molar-refractivity contribution in [3.8, 4) is 0 Å². The first-order valence-corrected chi connectivity index (χ1v) is 6.64. The van der Waals surface area contributed by atoms with Crippen molar-refractivity contribution in [3.63, 3.8) is 0 Å². The molecule has 6 heteroatoms. The summed E-state index contributed by atoms with van der Waals surface area (Å²) in [7, 11) is 0. The Bertz CT molecular complexity index is 612. The molecule has 1 aliphatic heterocycles. The van der Waals surface area contributed by atoms with Gasteiger partial charge in [-0.2, -0.15) is 0 Å². The lowest BCUT2D eigenvalue weighted by molar-refractivity contribution is -0.122. The topological polar surface area (TPSA) is 72.9 Å². The number of carbonyl (C=O) groups is 1. The number of fused-ring (bicyclic) bond motifs is 1. The van der Waals surface area contributed by atoms with Crippen LogP contribution in [-0.4, -0.2) is 22.0 Å². The molecule has 0 bridgehead atoms. The molecule has 3 N–H and O–H groups in total. The normalized spacial score (nSPS) is 20.1. The number of nitrogen functional groups attached to an aromatic ring is 1. The molecular weight excluding hydrogens is 296 g/mol. The first-order chi connectivity index (χ1) is 8.65. The van der Waals surface area contributed by atoms with Gasteiger partial charge >= 0.3 is 0 Å². The van der Waals surface area contributed by atoms with Gasteiger partial charge in [-0.25, -0.2) is 4.98 Å². The number of nitrogens with one attached hydrogen (secondary N) is 1. The zero-order chi connectivity index (χ0) is 12.7. The molecular formula is C12H13BrN4O. The minimum atomic E-state index is 0.107. The van der Waals surface area contributed by atoms with Crippen LogP contribution in [0.5, 0.6) is 0 Å². The van der Waals surface area contributed by atoms with Crippen molar-refractivity contribution in [2.45, 2.75) is 18.9 Å². The lowest BCUT2D eigenvalue weighted by Gasteiger charge is -2.25. The maximum absolute atomic E-state index is 11.2.